The van der Waals surface area contributed by atoms with Gasteiger partial charge >= 0.3 is 12.1 Å². The molecule has 100 valence electrons. The summed E-state index contributed by atoms with van der Waals surface area (Å²) in [5.74, 6) is -0.911. The van der Waals surface area contributed by atoms with E-state index in [4.69, 9.17) is 5.11 Å². The number of carboxylic acids is 1. The molecule has 0 saturated carbocycles. The lowest BCUT2D eigenvalue weighted by Gasteiger charge is -2.28. The van der Waals surface area contributed by atoms with Crippen LogP contribution in [0.25, 0.3) is 0 Å². The molecule has 0 amide bonds. The van der Waals surface area contributed by atoms with Gasteiger partial charge in [-0.1, -0.05) is 0 Å². The number of carbonyl (C=O) groups is 1. The van der Waals surface area contributed by atoms with Gasteiger partial charge in [0.2, 0.25) is 0 Å². The van der Waals surface area contributed by atoms with Crippen LogP contribution in [0.1, 0.15) is 25.7 Å². The number of carboxylic acid groups (broad SMARTS) is 1. The monoisotopic (exact) mass is 255 g/mol. The van der Waals surface area contributed by atoms with Crippen LogP contribution < -0.4 is 5.32 Å². The fourth-order valence-electron chi connectivity index (χ4n) is 1.86. The number of hydrogen-bond acceptors (Lipinski definition) is 3. The second-order valence-electron chi connectivity index (χ2n) is 4.14. The third-order valence-electron chi connectivity index (χ3n) is 2.66. The van der Waals surface area contributed by atoms with Gasteiger partial charge in [0.1, 0.15) is 12.6 Å². The molecule has 7 heteroatoms. The van der Waals surface area contributed by atoms with Crippen molar-refractivity contribution in [3.63, 3.8) is 0 Å². The summed E-state index contributed by atoms with van der Waals surface area (Å²) in [4.78, 5) is 10.7. The summed E-state index contributed by atoms with van der Waals surface area (Å²) in [6.45, 7) is -1.26. The molecule has 1 saturated heterocycles. The van der Waals surface area contributed by atoms with Gasteiger partial charge in [-0.2, -0.15) is 13.2 Å². The quantitative estimate of drug-likeness (QED) is 0.732. The number of hydrogen-bond donors (Lipinski definition) is 2. The summed E-state index contributed by atoms with van der Waals surface area (Å²) in [7, 11) is 0. The summed E-state index contributed by atoms with van der Waals surface area (Å²) in [5.41, 5.74) is 0. The molecule has 17 heavy (non-hydrogen) atoms. The number of rotatable bonds is 5. The van der Waals surface area contributed by atoms with E-state index in [9.17, 15) is 18.0 Å². The van der Waals surface area contributed by atoms with Crippen molar-refractivity contribution in [3.8, 4) is 0 Å². The second kappa shape index (κ2) is 6.20. The molecule has 2 atom stereocenters. The molecule has 1 heterocycles. The topological polar surface area (TPSA) is 58.6 Å². The SMILES string of the molecule is O=C(O)C1CCCC(CCOCC(F)(F)F)N1. The first-order valence-electron chi connectivity index (χ1n) is 5.52. The van der Waals surface area contributed by atoms with E-state index >= 15 is 0 Å². The zero-order valence-electron chi connectivity index (χ0n) is 9.29. The zero-order chi connectivity index (χ0) is 12.9. The fourth-order valence-corrected chi connectivity index (χ4v) is 1.86. The highest BCUT2D eigenvalue weighted by molar-refractivity contribution is 5.73. The lowest BCUT2D eigenvalue weighted by molar-refractivity contribution is -0.174. The Morgan fingerprint density at radius 2 is 2.12 bits per heavy atom. The molecule has 0 aromatic heterocycles. The van der Waals surface area contributed by atoms with E-state index in [0.29, 0.717) is 12.8 Å². The van der Waals surface area contributed by atoms with E-state index in [1.165, 1.54) is 0 Å². The van der Waals surface area contributed by atoms with E-state index in [1.54, 1.807) is 0 Å². The Balaban J connectivity index is 2.17. The van der Waals surface area contributed by atoms with Crippen molar-refractivity contribution >= 4 is 5.97 Å². The summed E-state index contributed by atoms with van der Waals surface area (Å²) in [6, 6.07) is -0.658. The molecule has 2 N–H and O–H groups in total. The maximum absolute atomic E-state index is 11.8. The van der Waals surface area contributed by atoms with Gasteiger partial charge < -0.3 is 15.2 Å². The molecule has 0 radical (unpaired) electrons. The van der Waals surface area contributed by atoms with Crippen LogP contribution >= 0.6 is 0 Å². The lowest BCUT2D eigenvalue weighted by atomic mass is 9.97. The summed E-state index contributed by atoms with van der Waals surface area (Å²) >= 11 is 0. The maximum Gasteiger partial charge on any atom is 0.411 e. The fraction of sp³-hybridized carbons (Fsp3) is 0.900. The van der Waals surface area contributed by atoms with Crippen LogP contribution in [0.3, 0.4) is 0 Å². The smallest absolute Gasteiger partial charge is 0.411 e. The molecule has 0 bridgehead atoms. The lowest BCUT2D eigenvalue weighted by Crippen LogP contribution is -2.47. The predicted molar refractivity (Wildman–Crippen MR) is 53.7 cm³/mol. The molecular formula is C10H16F3NO3. The van der Waals surface area contributed by atoms with Crippen LogP contribution in [-0.2, 0) is 9.53 Å². The Kier molecular flexibility index (Phi) is 5.20. The molecule has 0 aromatic rings. The van der Waals surface area contributed by atoms with Crippen molar-refractivity contribution in [3.05, 3.63) is 0 Å². The first-order valence-corrected chi connectivity index (χ1v) is 5.52. The molecule has 1 aliphatic rings. The van der Waals surface area contributed by atoms with Gasteiger partial charge in [0.25, 0.3) is 0 Å². The molecule has 0 spiro atoms. The van der Waals surface area contributed by atoms with E-state index in [-0.39, 0.29) is 12.6 Å². The zero-order valence-corrected chi connectivity index (χ0v) is 9.29. The van der Waals surface area contributed by atoms with E-state index in [2.05, 4.69) is 10.1 Å². The minimum atomic E-state index is -4.30. The van der Waals surface area contributed by atoms with Gasteiger partial charge in [-0.15, -0.1) is 0 Å². The Morgan fingerprint density at radius 1 is 1.41 bits per heavy atom. The second-order valence-corrected chi connectivity index (χ2v) is 4.14. The summed E-state index contributed by atoms with van der Waals surface area (Å²) < 4.78 is 39.8. The number of aliphatic carboxylic acids is 1. The molecular weight excluding hydrogens is 239 g/mol. The van der Waals surface area contributed by atoms with Crippen LogP contribution in [0.15, 0.2) is 0 Å². The molecule has 4 nitrogen and oxygen atoms in total. The highest BCUT2D eigenvalue weighted by Crippen LogP contribution is 2.17. The predicted octanol–water partition coefficient (Wildman–Crippen LogP) is 1.55. The van der Waals surface area contributed by atoms with Crippen LogP contribution in [0, 0.1) is 0 Å². The van der Waals surface area contributed by atoms with Crippen molar-refractivity contribution in [1.82, 2.24) is 5.32 Å². The van der Waals surface area contributed by atoms with Crippen molar-refractivity contribution in [2.75, 3.05) is 13.2 Å². The minimum Gasteiger partial charge on any atom is -0.480 e. The number of halogens is 3. The average Bonchev–Trinajstić information content (AvgIpc) is 2.23. The highest BCUT2D eigenvalue weighted by Gasteiger charge is 2.28. The molecule has 0 aliphatic carbocycles. The number of nitrogens with one attached hydrogen (secondary N) is 1. The standard InChI is InChI=1S/C10H16F3NO3/c11-10(12,13)6-17-5-4-7-2-1-3-8(14-7)9(15)16/h7-8,14H,1-6H2,(H,15,16). The molecule has 1 rings (SSSR count). The molecule has 2 unspecified atom stereocenters. The Bertz CT molecular complexity index is 258. The Labute approximate surface area is 97.1 Å². The van der Waals surface area contributed by atoms with Gasteiger partial charge in [0, 0.05) is 12.6 Å². The van der Waals surface area contributed by atoms with Crippen molar-refractivity contribution in [2.24, 2.45) is 0 Å². The van der Waals surface area contributed by atoms with Gasteiger partial charge in [0.05, 0.1) is 0 Å². The van der Waals surface area contributed by atoms with Gasteiger partial charge in [-0.3, -0.25) is 4.79 Å². The third kappa shape index (κ3) is 5.88. The van der Waals surface area contributed by atoms with Crippen LogP contribution in [0.4, 0.5) is 13.2 Å². The molecule has 1 aliphatic heterocycles. The van der Waals surface area contributed by atoms with E-state index < -0.39 is 24.8 Å². The maximum atomic E-state index is 11.8. The highest BCUT2D eigenvalue weighted by atomic mass is 19.4. The number of alkyl halides is 3. The molecule has 0 aromatic carbocycles. The third-order valence-corrected chi connectivity index (χ3v) is 2.66. The largest absolute Gasteiger partial charge is 0.480 e. The molecule has 1 fully saturated rings. The minimum absolute atomic E-state index is 0.0104. The van der Waals surface area contributed by atoms with E-state index in [0.717, 1.165) is 12.8 Å². The van der Waals surface area contributed by atoms with Gasteiger partial charge in [0.15, 0.2) is 0 Å². The van der Waals surface area contributed by atoms with E-state index in [1.807, 2.05) is 0 Å². The first-order chi connectivity index (χ1) is 7.88. The number of ether oxygens (including phenoxy) is 1. The first kappa shape index (κ1) is 14.2. The van der Waals surface area contributed by atoms with Crippen LogP contribution in [0.2, 0.25) is 0 Å². The summed E-state index contributed by atoms with van der Waals surface area (Å²) in [5, 5.41) is 11.7. The Morgan fingerprint density at radius 3 is 2.71 bits per heavy atom. The van der Waals surface area contributed by atoms with Crippen molar-refractivity contribution in [1.29, 1.82) is 0 Å². The van der Waals surface area contributed by atoms with Crippen molar-refractivity contribution < 1.29 is 27.8 Å². The van der Waals surface area contributed by atoms with Crippen LogP contribution in [0.5, 0.6) is 0 Å². The number of piperidine rings is 1. The Hall–Kier alpha value is -0.820. The van der Waals surface area contributed by atoms with Crippen molar-refractivity contribution in [2.45, 2.75) is 43.9 Å². The van der Waals surface area contributed by atoms with Gasteiger partial charge in [-0.25, -0.2) is 0 Å². The normalized spacial score (nSPS) is 25.8. The average molecular weight is 255 g/mol. The summed E-state index contributed by atoms with van der Waals surface area (Å²) in [6.07, 6.45) is -1.79. The van der Waals surface area contributed by atoms with Gasteiger partial charge in [-0.05, 0) is 25.7 Å². The van der Waals surface area contributed by atoms with Crippen LogP contribution in [-0.4, -0.2) is 42.5 Å².